The SMILES string of the molecule is CC1COCC(C)N1NSc1nc2ccccc2s1. The summed E-state index contributed by atoms with van der Waals surface area (Å²) in [6.07, 6.45) is 0. The van der Waals surface area contributed by atoms with Crippen molar-refractivity contribution < 1.29 is 4.74 Å². The molecule has 1 aliphatic heterocycles. The lowest BCUT2D eigenvalue weighted by molar-refractivity contribution is -0.0470. The second-order valence-corrected chi connectivity index (χ2v) is 6.85. The third kappa shape index (κ3) is 2.93. The zero-order valence-corrected chi connectivity index (χ0v) is 12.6. The minimum atomic E-state index is 0.380. The molecule has 0 spiro atoms. The number of ether oxygens (including phenoxy) is 1. The fourth-order valence-electron chi connectivity index (χ4n) is 2.17. The second kappa shape index (κ2) is 5.76. The molecule has 4 nitrogen and oxygen atoms in total. The van der Waals surface area contributed by atoms with Crippen LogP contribution in [0, 0.1) is 0 Å². The monoisotopic (exact) mass is 295 g/mol. The molecule has 3 rings (SSSR count). The number of hydrogen-bond donors (Lipinski definition) is 1. The molecule has 6 heteroatoms. The lowest BCUT2D eigenvalue weighted by Crippen LogP contribution is -2.54. The maximum atomic E-state index is 5.52. The van der Waals surface area contributed by atoms with Crippen LogP contribution in [0.3, 0.4) is 0 Å². The molecule has 1 aromatic carbocycles. The summed E-state index contributed by atoms with van der Waals surface area (Å²) in [5, 5.41) is 2.25. The van der Waals surface area contributed by atoms with Gasteiger partial charge in [-0.15, -0.1) is 11.3 Å². The molecule has 1 aromatic heterocycles. The lowest BCUT2D eigenvalue weighted by Gasteiger charge is -2.37. The van der Waals surface area contributed by atoms with E-state index in [4.69, 9.17) is 4.74 Å². The highest BCUT2D eigenvalue weighted by atomic mass is 32.2. The summed E-state index contributed by atoms with van der Waals surface area (Å²) in [5.41, 5.74) is 1.07. The number of fused-ring (bicyclic) bond motifs is 1. The fraction of sp³-hybridized carbons (Fsp3) is 0.462. The first-order valence-electron chi connectivity index (χ1n) is 6.38. The van der Waals surface area contributed by atoms with Crippen LogP contribution in [0.25, 0.3) is 10.2 Å². The molecule has 102 valence electrons. The molecule has 0 saturated carbocycles. The van der Waals surface area contributed by atoms with E-state index >= 15 is 0 Å². The summed E-state index contributed by atoms with van der Waals surface area (Å²) >= 11 is 3.31. The number of morpholine rings is 1. The number of para-hydroxylation sites is 1. The van der Waals surface area contributed by atoms with E-state index in [-0.39, 0.29) is 0 Å². The molecule has 2 atom stereocenters. The Morgan fingerprint density at radius 2 is 2.05 bits per heavy atom. The quantitative estimate of drug-likeness (QED) is 0.881. The van der Waals surface area contributed by atoms with Gasteiger partial charge >= 0.3 is 0 Å². The van der Waals surface area contributed by atoms with E-state index < -0.39 is 0 Å². The molecule has 0 amide bonds. The first-order chi connectivity index (χ1) is 9.24. The number of nitrogens with one attached hydrogen (secondary N) is 1. The van der Waals surface area contributed by atoms with Crippen molar-refractivity contribution in [1.29, 1.82) is 0 Å². The molecular formula is C13H17N3OS2. The number of thiazole rings is 1. The predicted octanol–water partition coefficient (Wildman–Crippen LogP) is 2.92. The minimum absolute atomic E-state index is 0.380. The summed E-state index contributed by atoms with van der Waals surface area (Å²) in [4.78, 5) is 8.02. The van der Waals surface area contributed by atoms with Gasteiger partial charge in [-0.05, 0) is 26.0 Å². The third-order valence-electron chi connectivity index (χ3n) is 3.18. The first kappa shape index (κ1) is 13.3. The molecule has 1 aliphatic rings. The number of hydrazine groups is 1. The molecule has 0 bridgehead atoms. The van der Waals surface area contributed by atoms with Crippen LogP contribution >= 0.6 is 23.3 Å². The van der Waals surface area contributed by atoms with Gasteiger partial charge in [0.15, 0.2) is 4.34 Å². The largest absolute Gasteiger partial charge is 0.378 e. The van der Waals surface area contributed by atoms with E-state index in [0.29, 0.717) is 12.1 Å². The normalized spacial score (nSPS) is 24.9. The van der Waals surface area contributed by atoms with Gasteiger partial charge in [0.2, 0.25) is 0 Å². The second-order valence-electron chi connectivity index (χ2n) is 4.78. The highest BCUT2D eigenvalue weighted by Crippen LogP contribution is 2.28. The van der Waals surface area contributed by atoms with Gasteiger partial charge in [-0.25, -0.2) is 9.99 Å². The van der Waals surface area contributed by atoms with Gasteiger partial charge in [0.25, 0.3) is 0 Å². The van der Waals surface area contributed by atoms with Crippen molar-refractivity contribution in [3.63, 3.8) is 0 Å². The van der Waals surface area contributed by atoms with Crippen molar-refractivity contribution in [3.8, 4) is 0 Å². The zero-order chi connectivity index (χ0) is 13.2. The van der Waals surface area contributed by atoms with Crippen molar-refractivity contribution in [2.24, 2.45) is 0 Å². The van der Waals surface area contributed by atoms with Gasteiger partial charge in [0.1, 0.15) is 0 Å². The van der Waals surface area contributed by atoms with Crippen molar-refractivity contribution in [2.45, 2.75) is 30.3 Å². The van der Waals surface area contributed by atoms with E-state index in [1.807, 2.05) is 6.07 Å². The molecule has 1 N–H and O–H groups in total. The van der Waals surface area contributed by atoms with Gasteiger partial charge in [-0.1, -0.05) is 12.1 Å². The Morgan fingerprint density at radius 1 is 1.32 bits per heavy atom. The number of rotatable bonds is 3. The van der Waals surface area contributed by atoms with E-state index in [0.717, 1.165) is 23.1 Å². The fourth-order valence-corrected chi connectivity index (χ4v) is 4.10. The number of hydrogen-bond acceptors (Lipinski definition) is 6. The van der Waals surface area contributed by atoms with Gasteiger partial charge in [-0.3, -0.25) is 0 Å². The van der Waals surface area contributed by atoms with Crippen LogP contribution in [0.1, 0.15) is 13.8 Å². The minimum Gasteiger partial charge on any atom is -0.378 e. The summed E-state index contributed by atoms with van der Waals surface area (Å²) in [5.74, 6) is 0. The average Bonchev–Trinajstić information content (AvgIpc) is 2.81. The van der Waals surface area contributed by atoms with Crippen LogP contribution in [0.2, 0.25) is 0 Å². The third-order valence-corrected chi connectivity index (χ3v) is 5.08. The Bertz CT molecular complexity index is 517. The number of benzene rings is 1. The molecule has 2 unspecified atom stereocenters. The maximum Gasteiger partial charge on any atom is 0.167 e. The standard InChI is InChI=1S/C13H17N3OS2/c1-9-7-17-8-10(2)16(9)15-19-13-14-11-5-3-4-6-12(11)18-13/h3-6,9-10,15H,7-8H2,1-2H3. The molecule has 1 fully saturated rings. The number of nitrogens with zero attached hydrogens (tertiary/aromatic N) is 2. The maximum absolute atomic E-state index is 5.52. The summed E-state index contributed by atoms with van der Waals surface area (Å²) in [6, 6.07) is 8.99. The highest BCUT2D eigenvalue weighted by molar-refractivity contribution is 7.99. The lowest BCUT2D eigenvalue weighted by atomic mass is 10.2. The van der Waals surface area contributed by atoms with Crippen LogP contribution < -0.4 is 4.83 Å². The van der Waals surface area contributed by atoms with E-state index in [2.05, 4.69) is 46.9 Å². The van der Waals surface area contributed by atoms with Crippen LogP contribution in [0.4, 0.5) is 0 Å². The zero-order valence-electron chi connectivity index (χ0n) is 11.0. The van der Waals surface area contributed by atoms with Crippen molar-refractivity contribution in [2.75, 3.05) is 13.2 Å². The molecule has 1 saturated heterocycles. The summed E-state index contributed by atoms with van der Waals surface area (Å²) in [7, 11) is 0. The molecule has 0 aliphatic carbocycles. The van der Waals surface area contributed by atoms with Crippen LogP contribution in [-0.2, 0) is 4.74 Å². The molecule has 19 heavy (non-hydrogen) atoms. The van der Waals surface area contributed by atoms with Gasteiger partial charge in [0, 0.05) is 24.0 Å². The Kier molecular flexibility index (Phi) is 4.04. The average molecular weight is 295 g/mol. The predicted molar refractivity (Wildman–Crippen MR) is 80.2 cm³/mol. The van der Waals surface area contributed by atoms with Gasteiger partial charge < -0.3 is 4.74 Å². The smallest absolute Gasteiger partial charge is 0.167 e. The van der Waals surface area contributed by atoms with Crippen molar-refractivity contribution in [1.82, 2.24) is 14.8 Å². The van der Waals surface area contributed by atoms with Crippen LogP contribution in [-0.4, -0.2) is 35.3 Å². The highest BCUT2D eigenvalue weighted by Gasteiger charge is 2.25. The van der Waals surface area contributed by atoms with E-state index in [1.165, 1.54) is 4.70 Å². The Balaban J connectivity index is 1.68. The number of aromatic nitrogens is 1. The Morgan fingerprint density at radius 3 is 2.79 bits per heavy atom. The Labute approximate surface area is 121 Å². The first-order valence-corrected chi connectivity index (χ1v) is 8.01. The molecule has 0 radical (unpaired) electrons. The summed E-state index contributed by atoms with van der Waals surface area (Å²) in [6.45, 7) is 5.89. The molecule has 2 heterocycles. The van der Waals surface area contributed by atoms with Crippen LogP contribution in [0.15, 0.2) is 28.6 Å². The van der Waals surface area contributed by atoms with Crippen molar-refractivity contribution in [3.05, 3.63) is 24.3 Å². The topological polar surface area (TPSA) is 37.4 Å². The van der Waals surface area contributed by atoms with E-state index in [9.17, 15) is 0 Å². The van der Waals surface area contributed by atoms with Gasteiger partial charge in [-0.2, -0.15) is 4.83 Å². The summed E-state index contributed by atoms with van der Waals surface area (Å²) < 4.78 is 7.80. The molecular weight excluding hydrogens is 278 g/mol. The van der Waals surface area contributed by atoms with Crippen LogP contribution in [0.5, 0.6) is 0 Å². The Hall–Kier alpha value is -0.660. The molecule has 2 aromatic rings. The van der Waals surface area contributed by atoms with E-state index in [1.54, 1.807) is 23.3 Å². The van der Waals surface area contributed by atoms with Crippen molar-refractivity contribution >= 4 is 33.5 Å². The van der Waals surface area contributed by atoms with Gasteiger partial charge in [0.05, 0.1) is 23.4 Å².